The SMILES string of the molecule is COc1cccc(CN(C)CCNCCC(C)C)c1. The minimum atomic E-state index is 0.780. The van der Waals surface area contributed by atoms with E-state index in [9.17, 15) is 0 Å². The smallest absolute Gasteiger partial charge is 0.119 e. The van der Waals surface area contributed by atoms with Crippen LogP contribution in [-0.2, 0) is 6.54 Å². The maximum absolute atomic E-state index is 5.24. The average Bonchev–Trinajstić information content (AvgIpc) is 2.38. The Kier molecular flexibility index (Phi) is 7.53. The van der Waals surface area contributed by atoms with Gasteiger partial charge >= 0.3 is 0 Å². The highest BCUT2D eigenvalue weighted by Crippen LogP contribution is 2.13. The van der Waals surface area contributed by atoms with E-state index < -0.39 is 0 Å². The number of nitrogens with zero attached hydrogens (tertiary/aromatic N) is 1. The van der Waals surface area contributed by atoms with Gasteiger partial charge in [-0.25, -0.2) is 0 Å². The van der Waals surface area contributed by atoms with Crippen LogP contribution in [0.1, 0.15) is 25.8 Å². The normalized spacial score (nSPS) is 11.3. The predicted molar refractivity (Wildman–Crippen MR) is 81.7 cm³/mol. The van der Waals surface area contributed by atoms with Gasteiger partial charge in [-0.15, -0.1) is 0 Å². The number of benzene rings is 1. The molecule has 1 aromatic carbocycles. The lowest BCUT2D eigenvalue weighted by Crippen LogP contribution is -2.29. The molecule has 0 atom stereocenters. The first kappa shape index (κ1) is 16.0. The van der Waals surface area contributed by atoms with E-state index >= 15 is 0 Å². The van der Waals surface area contributed by atoms with Gasteiger partial charge in [0.15, 0.2) is 0 Å². The van der Waals surface area contributed by atoms with Crippen molar-refractivity contribution in [3.63, 3.8) is 0 Å². The third kappa shape index (κ3) is 7.19. The van der Waals surface area contributed by atoms with Crippen LogP contribution < -0.4 is 10.1 Å². The number of nitrogens with one attached hydrogen (secondary N) is 1. The Morgan fingerprint density at radius 1 is 1.26 bits per heavy atom. The minimum absolute atomic E-state index is 0.780. The van der Waals surface area contributed by atoms with E-state index in [4.69, 9.17) is 4.74 Å². The van der Waals surface area contributed by atoms with Crippen LogP contribution >= 0.6 is 0 Å². The van der Waals surface area contributed by atoms with Crippen LogP contribution in [0.5, 0.6) is 5.75 Å². The number of likely N-dealkylation sites (N-methyl/N-ethyl adjacent to an activating group) is 1. The molecule has 0 aromatic heterocycles. The molecule has 0 aliphatic rings. The fourth-order valence-electron chi connectivity index (χ4n) is 1.95. The average molecular weight is 264 g/mol. The molecule has 0 radical (unpaired) electrons. The molecule has 3 nitrogen and oxygen atoms in total. The molecule has 19 heavy (non-hydrogen) atoms. The summed E-state index contributed by atoms with van der Waals surface area (Å²) < 4.78 is 5.24. The summed E-state index contributed by atoms with van der Waals surface area (Å²) in [4.78, 5) is 2.33. The van der Waals surface area contributed by atoms with Crippen LogP contribution in [0.15, 0.2) is 24.3 Å². The van der Waals surface area contributed by atoms with E-state index in [-0.39, 0.29) is 0 Å². The number of hydrogen-bond acceptors (Lipinski definition) is 3. The molecule has 3 heteroatoms. The molecule has 0 saturated carbocycles. The van der Waals surface area contributed by atoms with Crippen molar-refractivity contribution in [1.29, 1.82) is 0 Å². The zero-order valence-corrected chi connectivity index (χ0v) is 12.8. The second-order valence-corrected chi connectivity index (χ2v) is 5.52. The van der Waals surface area contributed by atoms with Crippen molar-refractivity contribution in [2.75, 3.05) is 33.8 Å². The quantitative estimate of drug-likeness (QED) is 0.694. The first-order chi connectivity index (χ1) is 9.11. The Morgan fingerprint density at radius 3 is 2.74 bits per heavy atom. The predicted octanol–water partition coefficient (Wildman–Crippen LogP) is 2.76. The molecule has 0 bridgehead atoms. The van der Waals surface area contributed by atoms with Gasteiger partial charge in [0.1, 0.15) is 5.75 Å². The minimum Gasteiger partial charge on any atom is -0.497 e. The van der Waals surface area contributed by atoms with Gasteiger partial charge in [-0.1, -0.05) is 26.0 Å². The zero-order chi connectivity index (χ0) is 14.1. The van der Waals surface area contributed by atoms with Crippen molar-refractivity contribution >= 4 is 0 Å². The standard InChI is InChI=1S/C16H28N2O/c1-14(2)8-9-17-10-11-18(3)13-15-6-5-7-16(12-15)19-4/h5-7,12,14,17H,8-11,13H2,1-4H3. The highest BCUT2D eigenvalue weighted by atomic mass is 16.5. The number of rotatable bonds is 9. The molecule has 1 aromatic rings. The zero-order valence-electron chi connectivity index (χ0n) is 12.8. The summed E-state index contributed by atoms with van der Waals surface area (Å²) in [7, 11) is 3.87. The third-order valence-corrected chi connectivity index (χ3v) is 3.16. The van der Waals surface area contributed by atoms with Crippen LogP contribution in [-0.4, -0.2) is 38.7 Å². The first-order valence-corrected chi connectivity index (χ1v) is 7.14. The lowest BCUT2D eigenvalue weighted by atomic mass is 10.1. The molecule has 0 fully saturated rings. The van der Waals surface area contributed by atoms with E-state index in [1.54, 1.807) is 7.11 Å². The number of hydrogen-bond donors (Lipinski definition) is 1. The molecular formula is C16H28N2O. The van der Waals surface area contributed by atoms with Crippen LogP contribution in [0, 0.1) is 5.92 Å². The van der Waals surface area contributed by atoms with Crippen LogP contribution in [0.4, 0.5) is 0 Å². The van der Waals surface area contributed by atoms with Gasteiger partial charge in [-0.2, -0.15) is 0 Å². The molecule has 108 valence electrons. The van der Waals surface area contributed by atoms with Crippen LogP contribution in [0.3, 0.4) is 0 Å². The monoisotopic (exact) mass is 264 g/mol. The van der Waals surface area contributed by atoms with Crippen molar-refractivity contribution in [2.24, 2.45) is 5.92 Å². The van der Waals surface area contributed by atoms with Gasteiger partial charge in [0.2, 0.25) is 0 Å². The Hall–Kier alpha value is -1.06. The van der Waals surface area contributed by atoms with E-state index in [2.05, 4.69) is 43.2 Å². The Bertz CT molecular complexity index is 352. The Labute approximate surface area is 118 Å². The molecular weight excluding hydrogens is 236 g/mol. The van der Waals surface area contributed by atoms with Crippen molar-refractivity contribution in [3.05, 3.63) is 29.8 Å². The van der Waals surface area contributed by atoms with E-state index in [0.29, 0.717) is 0 Å². The maximum Gasteiger partial charge on any atom is 0.119 e. The summed E-state index contributed by atoms with van der Waals surface area (Å²) in [6, 6.07) is 8.27. The highest BCUT2D eigenvalue weighted by molar-refractivity contribution is 5.28. The topological polar surface area (TPSA) is 24.5 Å². The second-order valence-electron chi connectivity index (χ2n) is 5.52. The van der Waals surface area contributed by atoms with Crippen molar-refractivity contribution in [1.82, 2.24) is 10.2 Å². The molecule has 1 N–H and O–H groups in total. The van der Waals surface area contributed by atoms with Gasteiger partial charge in [0.25, 0.3) is 0 Å². The molecule has 0 heterocycles. The second kappa shape index (κ2) is 8.94. The van der Waals surface area contributed by atoms with Gasteiger partial charge in [0, 0.05) is 19.6 Å². The summed E-state index contributed by atoms with van der Waals surface area (Å²) in [5.74, 6) is 1.71. The lowest BCUT2D eigenvalue weighted by molar-refractivity contribution is 0.322. The molecule has 0 aliphatic heterocycles. The summed E-state index contributed by atoms with van der Waals surface area (Å²) in [5.41, 5.74) is 1.30. The van der Waals surface area contributed by atoms with Gasteiger partial charge < -0.3 is 15.0 Å². The summed E-state index contributed by atoms with van der Waals surface area (Å²) in [6.07, 6.45) is 1.25. The summed E-state index contributed by atoms with van der Waals surface area (Å²) >= 11 is 0. The van der Waals surface area contributed by atoms with Crippen LogP contribution in [0.25, 0.3) is 0 Å². The van der Waals surface area contributed by atoms with E-state index in [0.717, 1.165) is 37.8 Å². The largest absolute Gasteiger partial charge is 0.497 e. The molecule has 1 rings (SSSR count). The summed E-state index contributed by atoms with van der Waals surface area (Å²) in [6.45, 7) is 8.71. The van der Waals surface area contributed by atoms with Gasteiger partial charge in [0.05, 0.1) is 7.11 Å². The molecule has 0 amide bonds. The summed E-state index contributed by atoms with van der Waals surface area (Å²) in [5, 5.41) is 3.49. The van der Waals surface area contributed by atoms with Crippen molar-refractivity contribution < 1.29 is 4.74 Å². The number of ether oxygens (including phenoxy) is 1. The van der Waals surface area contributed by atoms with Crippen molar-refractivity contribution in [3.8, 4) is 5.75 Å². The van der Waals surface area contributed by atoms with Gasteiger partial charge in [-0.05, 0) is 43.6 Å². The molecule has 0 unspecified atom stereocenters. The van der Waals surface area contributed by atoms with Gasteiger partial charge in [-0.3, -0.25) is 0 Å². The van der Waals surface area contributed by atoms with Crippen molar-refractivity contribution in [2.45, 2.75) is 26.8 Å². The van der Waals surface area contributed by atoms with E-state index in [1.807, 2.05) is 12.1 Å². The molecule has 0 aliphatic carbocycles. The molecule has 0 saturated heterocycles. The Morgan fingerprint density at radius 2 is 2.05 bits per heavy atom. The first-order valence-electron chi connectivity index (χ1n) is 7.14. The van der Waals surface area contributed by atoms with E-state index in [1.165, 1.54) is 12.0 Å². The molecule has 0 spiro atoms. The Balaban J connectivity index is 2.21. The third-order valence-electron chi connectivity index (χ3n) is 3.16. The highest BCUT2D eigenvalue weighted by Gasteiger charge is 2.01. The van der Waals surface area contributed by atoms with Crippen LogP contribution in [0.2, 0.25) is 0 Å². The lowest BCUT2D eigenvalue weighted by Gasteiger charge is -2.17. The maximum atomic E-state index is 5.24. The fourth-order valence-corrected chi connectivity index (χ4v) is 1.95. The fraction of sp³-hybridized carbons (Fsp3) is 0.625. The number of methoxy groups -OCH3 is 1.